The van der Waals surface area contributed by atoms with Crippen LogP contribution in [0.4, 0.5) is 0 Å². The lowest BCUT2D eigenvalue weighted by Gasteiger charge is -2.22. The molecule has 0 spiro atoms. The van der Waals surface area contributed by atoms with Gasteiger partial charge >= 0.3 is 0 Å². The molecule has 0 radical (unpaired) electrons. The van der Waals surface area contributed by atoms with Crippen molar-refractivity contribution in [3.05, 3.63) is 30.3 Å². The van der Waals surface area contributed by atoms with Gasteiger partial charge in [0.25, 0.3) is 0 Å². The van der Waals surface area contributed by atoms with Crippen LogP contribution in [0.3, 0.4) is 0 Å². The number of para-hydroxylation sites is 1. The van der Waals surface area contributed by atoms with Gasteiger partial charge in [-0.15, -0.1) is 0 Å². The van der Waals surface area contributed by atoms with Gasteiger partial charge in [0.05, 0.1) is 25.7 Å². The topological polar surface area (TPSA) is 49.8 Å². The predicted octanol–water partition coefficient (Wildman–Crippen LogP) is 1.44. The number of aliphatic hydroxyl groups excluding tert-OH is 1. The van der Waals surface area contributed by atoms with Crippen LogP contribution in [0.1, 0.15) is 19.3 Å². The molecule has 0 unspecified atom stereocenters. The molecule has 1 aliphatic heterocycles. The standard InChI is InChI=1S/C14H19NO3/c16-11-12-5-4-9-15(12)14(17)8-10-18-13-6-2-1-3-7-13/h1-3,6-7,12,16H,4-5,8-11H2/t12-/m1/s1. The van der Waals surface area contributed by atoms with Gasteiger partial charge in [-0.1, -0.05) is 18.2 Å². The Morgan fingerprint density at radius 2 is 2.17 bits per heavy atom. The summed E-state index contributed by atoms with van der Waals surface area (Å²) in [7, 11) is 0. The van der Waals surface area contributed by atoms with Crippen LogP contribution >= 0.6 is 0 Å². The minimum atomic E-state index is 0.00854. The molecule has 2 rings (SSSR count). The third kappa shape index (κ3) is 3.23. The van der Waals surface area contributed by atoms with Gasteiger partial charge in [0.15, 0.2) is 0 Å². The zero-order chi connectivity index (χ0) is 12.8. The normalized spacial score (nSPS) is 18.9. The molecular formula is C14H19NO3. The Morgan fingerprint density at radius 1 is 1.39 bits per heavy atom. The van der Waals surface area contributed by atoms with E-state index in [4.69, 9.17) is 9.84 Å². The molecule has 18 heavy (non-hydrogen) atoms. The molecule has 98 valence electrons. The molecule has 0 aliphatic carbocycles. The molecular weight excluding hydrogens is 230 g/mol. The maximum Gasteiger partial charge on any atom is 0.226 e. The van der Waals surface area contributed by atoms with Crippen molar-refractivity contribution in [1.29, 1.82) is 0 Å². The minimum absolute atomic E-state index is 0.00854. The summed E-state index contributed by atoms with van der Waals surface area (Å²) in [5.41, 5.74) is 0. The number of carbonyl (C=O) groups excluding carboxylic acids is 1. The lowest BCUT2D eigenvalue weighted by molar-refractivity contribution is -0.133. The smallest absolute Gasteiger partial charge is 0.226 e. The highest BCUT2D eigenvalue weighted by Gasteiger charge is 2.27. The first-order valence-corrected chi connectivity index (χ1v) is 6.39. The molecule has 0 aromatic heterocycles. The first-order valence-electron chi connectivity index (χ1n) is 6.39. The van der Waals surface area contributed by atoms with Crippen LogP contribution in [0, 0.1) is 0 Å². The molecule has 4 heteroatoms. The highest BCUT2D eigenvalue weighted by atomic mass is 16.5. The van der Waals surface area contributed by atoms with Crippen molar-refractivity contribution < 1.29 is 14.6 Å². The maximum atomic E-state index is 11.9. The van der Waals surface area contributed by atoms with E-state index in [2.05, 4.69) is 0 Å². The van der Waals surface area contributed by atoms with Gasteiger partial charge in [0.1, 0.15) is 5.75 Å². The van der Waals surface area contributed by atoms with Gasteiger partial charge in [-0.2, -0.15) is 0 Å². The Labute approximate surface area is 107 Å². The molecule has 1 N–H and O–H groups in total. The van der Waals surface area contributed by atoms with Gasteiger partial charge in [-0.3, -0.25) is 4.79 Å². The van der Waals surface area contributed by atoms with E-state index >= 15 is 0 Å². The van der Waals surface area contributed by atoms with E-state index in [9.17, 15) is 4.79 Å². The number of carbonyl (C=O) groups is 1. The van der Waals surface area contributed by atoms with Gasteiger partial charge in [0.2, 0.25) is 5.91 Å². The van der Waals surface area contributed by atoms with Gasteiger partial charge < -0.3 is 14.7 Å². The third-order valence-electron chi connectivity index (χ3n) is 3.24. The van der Waals surface area contributed by atoms with Crippen LogP contribution < -0.4 is 4.74 Å². The van der Waals surface area contributed by atoms with E-state index in [1.54, 1.807) is 4.90 Å². The number of rotatable bonds is 5. The second-order valence-electron chi connectivity index (χ2n) is 4.48. The Morgan fingerprint density at radius 3 is 2.89 bits per heavy atom. The van der Waals surface area contributed by atoms with E-state index in [1.807, 2.05) is 30.3 Å². The summed E-state index contributed by atoms with van der Waals surface area (Å²) in [5.74, 6) is 0.855. The predicted molar refractivity (Wildman–Crippen MR) is 68.4 cm³/mol. The van der Waals surface area contributed by atoms with E-state index in [0.29, 0.717) is 13.0 Å². The molecule has 0 saturated carbocycles. The van der Waals surface area contributed by atoms with Gasteiger partial charge in [-0.25, -0.2) is 0 Å². The molecule has 1 heterocycles. The van der Waals surface area contributed by atoms with Gasteiger partial charge in [-0.05, 0) is 25.0 Å². The Kier molecular flexibility index (Phi) is 4.59. The second-order valence-corrected chi connectivity index (χ2v) is 4.48. The fourth-order valence-corrected chi connectivity index (χ4v) is 2.27. The van der Waals surface area contributed by atoms with Crippen molar-refractivity contribution in [2.24, 2.45) is 0 Å². The van der Waals surface area contributed by atoms with E-state index in [0.717, 1.165) is 25.1 Å². The fourth-order valence-electron chi connectivity index (χ4n) is 2.27. The van der Waals surface area contributed by atoms with Crippen molar-refractivity contribution in [3.63, 3.8) is 0 Å². The number of benzene rings is 1. The first-order chi connectivity index (χ1) is 8.81. The summed E-state index contributed by atoms with van der Waals surface area (Å²) in [5, 5.41) is 9.16. The Balaban J connectivity index is 1.75. The monoisotopic (exact) mass is 249 g/mol. The second kappa shape index (κ2) is 6.40. The largest absolute Gasteiger partial charge is 0.493 e. The number of likely N-dealkylation sites (tertiary alicyclic amines) is 1. The molecule has 1 aromatic carbocycles. The first kappa shape index (κ1) is 12.9. The number of hydrogen-bond donors (Lipinski definition) is 1. The number of nitrogens with zero attached hydrogens (tertiary/aromatic N) is 1. The zero-order valence-electron chi connectivity index (χ0n) is 10.4. The fraction of sp³-hybridized carbons (Fsp3) is 0.500. The molecule has 1 fully saturated rings. The maximum absolute atomic E-state index is 11.9. The van der Waals surface area contributed by atoms with E-state index < -0.39 is 0 Å². The van der Waals surface area contributed by atoms with Crippen molar-refractivity contribution in [3.8, 4) is 5.75 Å². The molecule has 1 amide bonds. The molecule has 1 saturated heterocycles. The summed E-state index contributed by atoms with van der Waals surface area (Å²) in [4.78, 5) is 13.7. The van der Waals surface area contributed by atoms with E-state index in [1.165, 1.54) is 0 Å². The Hall–Kier alpha value is -1.55. The van der Waals surface area contributed by atoms with Crippen molar-refractivity contribution in [2.75, 3.05) is 19.8 Å². The van der Waals surface area contributed by atoms with Crippen molar-refractivity contribution in [1.82, 2.24) is 4.90 Å². The number of ether oxygens (including phenoxy) is 1. The molecule has 1 aliphatic rings. The van der Waals surface area contributed by atoms with Crippen LogP contribution in [0.15, 0.2) is 30.3 Å². The molecule has 4 nitrogen and oxygen atoms in total. The van der Waals surface area contributed by atoms with Crippen LogP contribution in [0.25, 0.3) is 0 Å². The lowest BCUT2D eigenvalue weighted by Crippen LogP contribution is -2.38. The molecule has 0 bridgehead atoms. The highest BCUT2D eigenvalue weighted by Crippen LogP contribution is 2.17. The summed E-state index contributed by atoms with van der Waals surface area (Å²) < 4.78 is 5.50. The van der Waals surface area contributed by atoms with E-state index in [-0.39, 0.29) is 18.6 Å². The average Bonchev–Trinajstić information content (AvgIpc) is 2.88. The summed E-state index contributed by atoms with van der Waals surface area (Å²) in [6, 6.07) is 9.48. The van der Waals surface area contributed by atoms with Crippen LogP contribution in [0.2, 0.25) is 0 Å². The lowest BCUT2D eigenvalue weighted by atomic mass is 10.2. The Bertz CT molecular complexity index is 380. The summed E-state index contributed by atoms with van der Waals surface area (Å²) in [6.45, 7) is 1.21. The van der Waals surface area contributed by atoms with Crippen LogP contribution in [-0.4, -0.2) is 41.7 Å². The summed E-state index contributed by atoms with van der Waals surface area (Å²) >= 11 is 0. The van der Waals surface area contributed by atoms with Crippen LogP contribution in [-0.2, 0) is 4.79 Å². The summed E-state index contributed by atoms with van der Waals surface area (Å²) in [6.07, 6.45) is 2.25. The van der Waals surface area contributed by atoms with Gasteiger partial charge in [0, 0.05) is 6.54 Å². The van der Waals surface area contributed by atoms with Crippen LogP contribution in [0.5, 0.6) is 5.75 Å². The number of aliphatic hydroxyl groups is 1. The van der Waals surface area contributed by atoms with Crippen molar-refractivity contribution >= 4 is 5.91 Å². The quantitative estimate of drug-likeness (QED) is 0.859. The minimum Gasteiger partial charge on any atom is -0.493 e. The van der Waals surface area contributed by atoms with Crippen molar-refractivity contribution in [2.45, 2.75) is 25.3 Å². The average molecular weight is 249 g/mol. The number of hydrogen-bond acceptors (Lipinski definition) is 3. The third-order valence-corrected chi connectivity index (χ3v) is 3.24. The molecule has 1 aromatic rings. The zero-order valence-corrected chi connectivity index (χ0v) is 10.4. The highest BCUT2D eigenvalue weighted by molar-refractivity contribution is 5.77. The SMILES string of the molecule is O=C(CCOc1ccccc1)N1CCC[C@@H]1CO. The molecule has 1 atom stereocenters. The number of amides is 1.